The smallest absolute Gasteiger partial charge is 0.241 e. The molecule has 31 heavy (non-hydrogen) atoms. The van der Waals surface area contributed by atoms with Gasteiger partial charge >= 0.3 is 0 Å². The van der Waals surface area contributed by atoms with E-state index in [4.69, 9.17) is 4.74 Å². The first kappa shape index (κ1) is 21.1. The van der Waals surface area contributed by atoms with Crippen molar-refractivity contribution in [2.24, 2.45) is 0 Å². The number of rotatable bonds is 9. The standard InChI is InChI=1S/C25H30N4O2/c1-3-28(16-20-8-5-4-6-9-20)13-7-12-26-24(30)17-29-25-21(15-27-29)18-31-23-11-10-19(2)14-22(23)25/h4-6,8-11,14-15H,3,7,12-13,16-18H2,1-2H3,(H,26,30). The second-order valence-corrected chi connectivity index (χ2v) is 8.02. The summed E-state index contributed by atoms with van der Waals surface area (Å²) in [6.07, 6.45) is 2.72. The molecule has 0 saturated carbocycles. The van der Waals surface area contributed by atoms with Gasteiger partial charge in [-0.1, -0.05) is 48.9 Å². The highest BCUT2D eigenvalue weighted by Crippen LogP contribution is 2.37. The van der Waals surface area contributed by atoms with Gasteiger partial charge in [-0.25, -0.2) is 0 Å². The lowest BCUT2D eigenvalue weighted by Crippen LogP contribution is -2.32. The number of nitrogens with one attached hydrogen (secondary N) is 1. The molecule has 3 aromatic rings. The van der Waals surface area contributed by atoms with E-state index in [0.717, 1.165) is 54.2 Å². The van der Waals surface area contributed by atoms with E-state index in [1.807, 2.05) is 18.2 Å². The van der Waals surface area contributed by atoms with Crippen LogP contribution in [-0.2, 0) is 24.5 Å². The van der Waals surface area contributed by atoms with Gasteiger partial charge < -0.3 is 10.1 Å². The fraction of sp³-hybridized carbons (Fsp3) is 0.360. The third-order valence-electron chi connectivity index (χ3n) is 5.65. The fourth-order valence-electron chi connectivity index (χ4n) is 3.98. The molecule has 2 heterocycles. The maximum atomic E-state index is 12.6. The predicted molar refractivity (Wildman–Crippen MR) is 122 cm³/mol. The highest BCUT2D eigenvalue weighted by molar-refractivity contribution is 5.78. The van der Waals surface area contributed by atoms with Gasteiger partial charge in [0.15, 0.2) is 0 Å². The van der Waals surface area contributed by atoms with E-state index in [9.17, 15) is 4.79 Å². The second kappa shape index (κ2) is 9.79. The fourth-order valence-corrected chi connectivity index (χ4v) is 3.98. The number of fused-ring (bicyclic) bond motifs is 3. The van der Waals surface area contributed by atoms with Crippen molar-refractivity contribution < 1.29 is 9.53 Å². The maximum absolute atomic E-state index is 12.6. The van der Waals surface area contributed by atoms with Crippen molar-refractivity contribution in [1.29, 1.82) is 0 Å². The molecule has 2 aromatic carbocycles. The number of benzene rings is 2. The molecule has 0 fully saturated rings. The molecule has 0 spiro atoms. The Balaban J connectivity index is 1.29. The number of hydrogen-bond acceptors (Lipinski definition) is 4. The summed E-state index contributed by atoms with van der Waals surface area (Å²) in [5, 5.41) is 7.50. The molecular weight excluding hydrogens is 388 g/mol. The van der Waals surface area contributed by atoms with Crippen LogP contribution in [0.4, 0.5) is 0 Å². The molecule has 162 valence electrons. The Morgan fingerprint density at radius 2 is 2.06 bits per heavy atom. The zero-order valence-electron chi connectivity index (χ0n) is 18.3. The molecule has 1 N–H and O–H groups in total. The van der Waals surface area contributed by atoms with E-state index in [0.29, 0.717) is 13.2 Å². The monoisotopic (exact) mass is 418 g/mol. The zero-order chi connectivity index (χ0) is 21.6. The molecule has 0 atom stereocenters. The average molecular weight is 419 g/mol. The summed E-state index contributed by atoms with van der Waals surface area (Å²) < 4.78 is 7.61. The molecule has 6 nitrogen and oxygen atoms in total. The quantitative estimate of drug-likeness (QED) is 0.537. The van der Waals surface area contributed by atoms with Crippen molar-refractivity contribution in [1.82, 2.24) is 20.0 Å². The first-order valence-electron chi connectivity index (χ1n) is 11.0. The molecule has 0 saturated heterocycles. The summed E-state index contributed by atoms with van der Waals surface area (Å²) in [7, 11) is 0. The van der Waals surface area contributed by atoms with Crippen LogP contribution in [0.1, 0.15) is 30.0 Å². The number of nitrogens with zero attached hydrogens (tertiary/aromatic N) is 3. The molecule has 4 rings (SSSR count). The summed E-state index contributed by atoms with van der Waals surface area (Å²) in [5.41, 5.74) is 5.48. The van der Waals surface area contributed by atoms with Gasteiger partial charge in [-0.15, -0.1) is 0 Å². The number of aryl methyl sites for hydroxylation is 1. The third-order valence-corrected chi connectivity index (χ3v) is 5.65. The molecule has 0 bridgehead atoms. The minimum absolute atomic E-state index is 0.0160. The average Bonchev–Trinajstić information content (AvgIpc) is 3.19. The molecule has 6 heteroatoms. The minimum atomic E-state index is -0.0160. The molecule has 1 amide bonds. The lowest BCUT2D eigenvalue weighted by atomic mass is 10.0. The number of amides is 1. The SMILES string of the molecule is CCN(CCCNC(=O)Cn1ncc2c1-c1cc(C)ccc1OC2)Cc1ccccc1. The number of ether oxygens (including phenoxy) is 1. The Kier molecular flexibility index (Phi) is 6.67. The van der Waals surface area contributed by atoms with Crippen LogP contribution in [0.5, 0.6) is 5.75 Å². The van der Waals surface area contributed by atoms with E-state index in [2.05, 4.69) is 59.5 Å². The van der Waals surface area contributed by atoms with Crippen LogP contribution >= 0.6 is 0 Å². The molecule has 1 aliphatic rings. The van der Waals surface area contributed by atoms with Crippen LogP contribution in [-0.4, -0.2) is 40.2 Å². The second-order valence-electron chi connectivity index (χ2n) is 8.02. The third kappa shape index (κ3) is 5.14. The van der Waals surface area contributed by atoms with Crippen molar-refractivity contribution in [2.75, 3.05) is 19.6 Å². The zero-order valence-corrected chi connectivity index (χ0v) is 18.3. The lowest BCUT2D eigenvalue weighted by Gasteiger charge is -2.21. The molecule has 0 aliphatic carbocycles. The topological polar surface area (TPSA) is 59.4 Å². The Bertz CT molecular complexity index is 1030. The van der Waals surface area contributed by atoms with Gasteiger partial charge in [-0.3, -0.25) is 14.4 Å². The normalized spacial score (nSPS) is 12.2. The van der Waals surface area contributed by atoms with Crippen molar-refractivity contribution >= 4 is 5.91 Å². The Hall–Kier alpha value is -3.12. The van der Waals surface area contributed by atoms with Crippen molar-refractivity contribution in [3.63, 3.8) is 0 Å². The summed E-state index contributed by atoms with van der Waals surface area (Å²) in [5.74, 6) is 0.830. The Morgan fingerprint density at radius 3 is 2.87 bits per heavy atom. The van der Waals surface area contributed by atoms with Crippen LogP contribution in [0.2, 0.25) is 0 Å². The van der Waals surface area contributed by atoms with Crippen LogP contribution in [0.15, 0.2) is 54.7 Å². The highest BCUT2D eigenvalue weighted by atomic mass is 16.5. The molecule has 0 unspecified atom stereocenters. The van der Waals surface area contributed by atoms with Crippen molar-refractivity contribution in [2.45, 2.75) is 40.0 Å². The van der Waals surface area contributed by atoms with Gasteiger partial charge in [-0.05, 0) is 37.6 Å². The summed E-state index contributed by atoms with van der Waals surface area (Å²) in [4.78, 5) is 15.0. The largest absolute Gasteiger partial charge is 0.488 e. The number of carbonyl (C=O) groups is 1. The van der Waals surface area contributed by atoms with E-state index in [-0.39, 0.29) is 12.5 Å². The van der Waals surface area contributed by atoms with Crippen molar-refractivity contribution in [3.05, 3.63) is 71.4 Å². The van der Waals surface area contributed by atoms with Crippen LogP contribution < -0.4 is 10.1 Å². The molecular formula is C25H30N4O2. The van der Waals surface area contributed by atoms with Gasteiger partial charge in [0.2, 0.25) is 5.91 Å². The number of carbonyl (C=O) groups excluding carboxylic acids is 1. The van der Waals surface area contributed by atoms with Gasteiger partial charge in [0, 0.05) is 30.8 Å². The molecule has 1 aromatic heterocycles. The summed E-state index contributed by atoms with van der Waals surface area (Å²) in [6.45, 7) is 8.46. The van der Waals surface area contributed by atoms with E-state index in [1.165, 1.54) is 5.56 Å². The predicted octanol–water partition coefficient (Wildman–Crippen LogP) is 3.78. The first-order chi connectivity index (χ1) is 15.1. The Morgan fingerprint density at radius 1 is 1.23 bits per heavy atom. The van der Waals surface area contributed by atoms with Crippen molar-refractivity contribution in [3.8, 4) is 17.0 Å². The van der Waals surface area contributed by atoms with E-state index >= 15 is 0 Å². The molecule has 1 aliphatic heterocycles. The number of aromatic nitrogens is 2. The maximum Gasteiger partial charge on any atom is 0.241 e. The van der Waals surface area contributed by atoms with Gasteiger partial charge in [0.1, 0.15) is 18.9 Å². The van der Waals surface area contributed by atoms with Gasteiger partial charge in [0.25, 0.3) is 0 Å². The summed E-state index contributed by atoms with van der Waals surface area (Å²) in [6, 6.07) is 16.6. The first-order valence-corrected chi connectivity index (χ1v) is 11.0. The van der Waals surface area contributed by atoms with E-state index in [1.54, 1.807) is 10.9 Å². The van der Waals surface area contributed by atoms with Crippen LogP contribution in [0.3, 0.4) is 0 Å². The Labute approximate surface area is 183 Å². The molecule has 0 radical (unpaired) electrons. The summed E-state index contributed by atoms with van der Waals surface area (Å²) >= 11 is 0. The van der Waals surface area contributed by atoms with Gasteiger partial charge in [0.05, 0.1) is 11.9 Å². The minimum Gasteiger partial charge on any atom is -0.488 e. The van der Waals surface area contributed by atoms with E-state index < -0.39 is 0 Å². The van der Waals surface area contributed by atoms with Crippen LogP contribution in [0, 0.1) is 6.92 Å². The lowest BCUT2D eigenvalue weighted by molar-refractivity contribution is -0.121. The van der Waals surface area contributed by atoms with Crippen LogP contribution in [0.25, 0.3) is 11.3 Å². The highest BCUT2D eigenvalue weighted by Gasteiger charge is 2.23. The number of hydrogen-bond donors (Lipinski definition) is 1. The van der Waals surface area contributed by atoms with Gasteiger partial charge in [-0.2, -0.15) is 5.10 Å².